The number of carbonyl (C=O) groups is 2. The number of hydrogen-bond acceptors (Lipinski definition) is 4. The van der Waals surface area contributed by atoms with Gasteiger partial charge in [-0.25, -0.2) is 0 Å². The smallest absolute Gasteiger partial charge is 0.325 e. The number of amides is 1. The van der Waals surface area contributed by atoms with E-state index in [1.807, 2.05) is 0 Å². The number of halogens is 1. The zero-order valence-electron chi connectivity index (χ0n) is 9.40. The minimum atomic E-state index is -0.425. The van der Waals surface area contributed by atoms with Crippen molar-refractivity contribution in [3.8, 4) is 0 Å². The van der Waals surface area contributed by atoms with Crippen molar-refractivity contribution in [1.29, 1.82) is 0 Å². The second-order valence-corrected chi connectivity index (χ2v) is 3.83. The van der Waals surface area contributed by atoms with E-state index in [-0.39, 0.29) is 36.7 Å². The van der Waals surface area contributed by atoms with Crippen molar-refractivity contribution >= 4 is 24.3 Å². The van der Waals surface area contributed by atoms with Gasteiger partial charge in [-0.05, 0) is 25.3 Å². The first-order chi connectivity index (χ1) is 7.19. The van der Waals surface area contributed by atoms with E-state index in [1.54, 1.807) is 0 Å². The Morgan fingerprint density at radius 1 is 1.44 bits per heavy atom. The summed E-state index contributed by atoms with van der Waals surface area (Å²) >= 11 is 0. The maximum Gasteiger partial charge on any atom is 0.325 e. The standard InChI is InChI=1S/C10H18N2O3.ClH/c1-15-9(13)6-12-10(14)8-4-2-3-7(8)5-11;/h7-8H,2-6,11H2,1H3,(H,12,14);1H/t7-,8-;/m1./s1. The molecule has 0 unspecified atom stereocenters. The van der Waals surface area contributed by atoms with Crippen molar-refractivity contribution in [3.63, 3.8) is 0 Å². The summed E-state index contributed by atoms with van der Waals surface area (Å²) in [5.41, 5.74) is 5.57. The van der Waals surface area contributed by atoms with Gasteiger partial charge >= 0.3 is 5.97 Å². The Labute approximate surface area is 101 Å². The second-order valence-electron chi connectivity index (χ2n) is 3.83. The van der Waals surface area contributed by atoms with Crippen LogP contribution in [0.2, 0.25) is 0 Å². The summed E-state index contributed by atoms with van der Waals surface area (Å²) in [6, 6.07) is 0. The highest BCUT2D eigenvalue weighted by atomic mass is 35.5. The highest BCUT2D eigenvalue weighted by Crippen LogP contribution is 2.30. The molecule has 1 saturated carbocycles. The SMILES string of the molecule is COC(=O)CNC(=O)[C@@H]1CCC[C@@H]1CN.Cl. The Balaban J connectivity index is 0.00000225. The monoisotopic (exact) mass is 250 g/mol. The van der Waals surface area contributed by atoms with Crippen LogP contribution in [0.4, 0.5) is 0 Å². The Bertz CT molecular complexity index is 248. The molecule has 1 rings (SSSR count). The summed E-state index contributed by atoms with van der Waals surface area (Å²) < 4.78 is 4.44. The number of nitrogens with two attached hydrogens (primary N) is 1. The lowest BCUT2D eigenvalue weighted by Gasteiger charge is -2.16. The molecule has 3 N–H and O–H groups in total. The number of ether oxygens (including phenoxy) is 1. The van der Waals surface area contributed by atoms with Gasteiger partial charge in [0.05, 0.1) is 7.11 Å². The zero-order valence-corrected chi connectivity index (χ0v) is 10.2. The highest BCUT2D eigenvalue weighted by molar-refractivity contribution is 5.85. The molecule has 0 bridgehead atoms. The minimum Gasteiger partial charge on any atom is -0.468 e. The molecule has 1 aliphatic carbocycles. The molecule has 2 atom stereocenters. The van der Waals surface area contributed by atoms with Gasteiger partial charge in [0.15, 0.2) is 0 Å². The number of carbonyl (C=O) groups excluding carboxylic acids is 2. The molecular weight excluding hydrogens is 232 g/mol. The zero-order chi connectivity index (χ0) is 11.3. The molecule has 0 aromatic carbocycles. The molecule has 16 heavy (non-hydrogen) atoms. The maximum atomic E-state index is 11.7. The van der Waals surface area contributed by atoms with Crippen molar-refractivity contribution in [2.24, 2.45) is 17.6 Å². The van der Waals surface area contributed by atoms with Crippen LogP contribution < -0.4 is 11.1 Å². The van der Waals surface area contributed by atoms with Crippen LogP contribution in [-0.2, 0) is 14.3 Å². The van der Waals surface area contributed by atoms with Crippen LogP contribution in [0.25, 0.3) is 0 Å². The molecule has 1 fully saturated rings. The fourth-order valence-electron chi connectivity index (χ4n) is 2.03. The third-order valence-corrected chi connectivity index (χ3v) is 2.93. The van der Waals surface area contributed by atoms with Crippen LogP contribution in [0.5, 0.6) is 0 Å². The Morgan fingerprint density at radius 3 is 2.69 bits per heavy atom. The molecule has 94 valence electrons. The molecule has 0 heterocycles. The van der Waals surface area contributed by atoms with Gasteiger partial charge in [0, 0.05) is 5.92 Å². The fourth-order valence-corrected chi connectivity index (χ4v) is 2.03. The van der Waals surface area contributed by atoms with E-state index in [1.165, 1.54) is 7.11 Å². The lowest BCUT2D eigenvalue weighted by Crippen LogP contribution is -2.38. The highest BCUT2D eigenvalue weighted by Gasteiger charge is 2.31. The van der Waals surface area contributed by atoms with Gasteiger partial charge in [-0.2, -0.15) is 0 Å². The first kappa shape index (κ1) is 15.2. The van der Waals surface area contributed by atoms with E-state index in [0.29, 0.717) is 6.54 Å². The van der Waals surface area contributed by atoms with Gasteiger partial charge in [-0.15, -0.1) is 12.4 Å². The molecule has 6 heteroatoms. The van der Waals surface area contributed by atoms with Crippen LogP contribution in [0, 0.1) is 11.8 Å². The summed E-state index contributed by atoms with van der Waals surface area (Å²) in [6.45, 7) is 0.486. The molecule has 5 nitrogen and oxygen atoms in total. The van der Waals surface area contributed by atoms with Crippen molar-refractivity contribution in [2.45, 2.75) is 19.3 Å². The lowest BCUT2D eigenvalue weighted by atomic mass is 9.95. The summed E-state index contributed by atoms with van der Waals surface area (Å²) in [6.07, 6.45) is 2.92. The Kier molecular flexibility index (Phi) is 7.08. The lowest BCUT2D eigenvalue weighted by molar-refractivity contribution is -0.141. The van der Waals surface area contributed by atoms with E-state index < -0.39 is 5.97 Å². The quantitative estimate of drug-likeness (QED) is 0.692. The molecule has 0 aliphatic heterocycles. The molecule has 0 aromatic rings. The van der Waals surface area contributed by atoms with Gasteiger partial charge in [0.25, 0.3) is 0 Å². The van der Waals surface area contributed by atoms with Crippen molar-refractivity contribution in [3.05, 3.63) is 0 Å². The largest absolute Gasteiger partial charge is 0.468 e. The van der Waals surface area contributed by atoms with Crippen LogP contribution >= 0.6 is 12.4 Å². The van der Waals surface area contributed by atoms with Gasteiger partial charge in [0.1, 0.15) is 6.54 Å². The van der Waals surface area contributed by atoms with Crippen molar-refractivity contribution in [2.75, 3.05) is 20.2 Å². The first-order valence-corrected chi connectivity index (χ1v) is 5.23. The van der Waals surface area contributed by atoms with Crippen LogP contribution in [0.1, 0.15) is 19.3 Å². The minimum absolute atomic E-state index is 0. The number of nitrogens with one attached hydrogen (secondary N) is 1. The third kappa shape index (κ3) is 3.98. The molecule has 0 spiro atoms. The Hall–Kier alpha value is -0.810. The van der Waals surface area contributed by atoms with Gasteiger partial charge < -0.3 is 15.8 Å². The van der Waals surface area contributed by atoms with Gasteiger partial charge in [0.2, 0.25) is 5.91 Å². The van der Waals surface area contributed by atoms with Crippen molar-refractivity contribution in [1.82, 2.24) is 5.32 Å². The topological polar surface area (TPSA) is 81.4 Å². The number of hydrogen-bond donors (Lipinski definition) is 2. The summed E-state index contributed by atoms with van der Waals surface area (Å²) in [5.74, 6) is -0.263. The predicted molar refractivity (Wildman–Crippen MR) is 62.2 cm³/mol. The first-order valence-electron chi connectivity index (χ1n) is 5.23. The number of rotatable bonds is 4. The van der Waals surface area contributed by atoms with E-state index in [0.717, 1.165) is 19.3 Å². The summed E-state index contributed by atoms with van der Waals surface area (Å²) in [7, 11) is 1.30. The van der Waals surface area contributed by atoms with Crippen molar-refractivity contribution < 1.29 is 14.3 Å². The van der Waals surface area contributed by atoms with Gasteiger partial charge in [-0.3, -0.25) is 9.59 Å². The maximum absolute atomic E-state index is 11.7. The summed E-state index contributed by atoms with van der Waals surface area (Å²) in [5, 5.41) is 2.57. The number of methoxy groups -OCH3 is 1. The average molecular weight is 251 g/mol. The van der Waals surface area contributed by atoms with Crippen LogP contribution in [0.3, 0.4) is 0 Å². The molecule has 1 aliphatic rings. The van der Waals surface area contributed by atoms with E-state index >= 15 is 0 Å². The third-order valence-electron chi connectivity index (χ3n) is 2.93. The fraction of sp³-hybridized carbons (Fsp3) is 0.800. The molecular formula is C10H19ClN2O3. The van der Waals surface area contributed by atoms with E-state index in [9.17, 15) is 9.59 Å². The van der Waals surface area contributed by atoms with E-state index in [2.05, 4.69) is 10.1 Å². The number of esters is 1. The Morgan fingerprint density at radius 2 is 2.12 bits per heavy atom. The summed E-state index contributed by atoms with van der Waals surface area (Å²) in [4.78, 5) is 22.5. The molecule has 0 saturated heterocycles. The average Bonchev–Trinajstić information content (AvgIpc) is 2.73. The molecule has 0 radical (unpaired) electrons. The normalized spacial score (nSPS) is 23.4. The predicted octanol–water partition coefficient (Wildman–Crippen LogP) is 0.0724. The van der Waals surface area contributed by atoms with E-state index in [4.69, 9.17) is 5.73 Å². The molecule has 0 aromatic heterocycles. The molecule has 1 amide bonds. The van der Waals surface area contributed by atoms with Crippen LogP contribution in [0.15, 0.2) is 0 Å². The van der Waals surface area contributed by atoms with Gasteiger partial charge in [-0.1, -0.05) is 6.42 Å². The second kappa shape index (κ2) is 7.46. The van der Waals surface area contributed by atoms with Crippen LogP contribution in [-0.4, -0.2) is 32.1 Å².